The summed E-state index contributed by atoms with van der Waals surface area (Å²) in [6, 6.07) is 13.7. The summed E-state index contributed by atoms with van der Waals surface area (Å²) in [5.41, 5.74) is 16.5. The maximum absolute atomic E-state index is 5.83. The summed E-state index contributed by atoms with van der Waals surface area (Å²) >= 11 is 0. The van der Waals surface area contributed by atoms with E-state index in [-0.39, 0.29) is 0 Å². The maximum Gasteiger partial charge on any atom is 0.128 e. The topological polar surface area (TPSA) is 105 Å². The van der Waals surface area contributed by atoms with Gasteiger partial charge in [-0.3, -0.25) is 9.89 Å². The third-order valence-corrected chi connectivity index (χ3v) is 6.73. The second kappa shape index (κ2) is 11.4. The molecule has 1 aromatic heterocycles. The lowest BCUT2D eigenvalue weighted by Gasteiger charge is -2.56. The molecule has 4 heterocycles. The van der Waals surface area contributed by atoms with Crippen molar-refractivity contribution < 1.29 is 4.74 Å². The molecule has 0 saturated carbocycles. The Morgan fingerprint density at radius 2 is 1.76 bits per heavy atom. The van der Waals surface area contributed by atoms with Crippen LogP contribution in [0, 0.1) is 0 Å². The Hall–Kier alpha value is -3.91. The number of hydrogen-bond donors (Lipinski definition) is 2. The van der Waals surface area contributed by atoms with Gasteiger partial charge in [-0.2, -0.15) is 0 Å². The molecule has 0 radical (unpaired) electrons. The largest absolute Gasteiger partial charge is 0.497 e. The number of hydrogen-bond acceptors (Lipinski definition) is 7. The molecule has 2 atom stereocenters. The zero-order valence-electron chi connectivity index (χ0n) is 22.2. The van der Waals surface area contributed by atoms with Crippen LogP contribution in [0.4, 0.5) is 5.82 Å². The molecule has 2 unspecified atom stereocenters. The van der Waals surface area contributed by atoms with Gasteiger partial charge in [0.05, 0.1) is 12.8 Å². The van der Waals surface area contributed by atoms with Crippen LogP contribution in [-0.2, 0) is 6.54 Å². The number of amidine groups is 1. The van der Waals surface area contributed by atoms with Gasteiger partial charge in [0.2, 0.25) is 0 Å². The highest BCUT2D eigenvalue weighted by molar-refractivity contribution is 5.99. The molecule has 3 aliphatic rings. The minimum atomic E-state index is 0.314. The average Bonchev–Trinajstić information content (AvgIpc) is 2.87. The van der Waals surface area contributed by atoms with E-state index < -0.39 is 0 Å². The van der Waals surface area contributed by atoms with Crippen LogP contribution in [0.1, 0.15) is 38.3 Å². The molecule has 5 rings (SSSR count). The van der Waals surface area contributed by atoms with Crippen molar-refractivity contribution in [2.24, 2.45) is 21.5 Å². The van der Waals surface area contributed by atoms with Gasteiger partial charge in [-0.25, -0.2) is 9.98 Å². The number of allylic oxidation sites excluding steroid dienone is 3. The highest BCUT2D eigenvalue weighted by Crippen LogP contribution is 2.35. The Balaban J connectivity index is 1.34. The second-order valence-corrected chi connectivity index (χ2v) is 9.77. The molecule has 37 heavy (non-hydrogen) atoms. The normalized spacial score (nSPS) is 21.0. The Morgan fingerprint density at radius 1 is 1.05 bits per heavy atom. The minimum absolute atomic E-state index is 0.314. The molecule has 2 aromatic rings. The summed E-state index contributed by atoms with van der Waals surface area (Å²) in [4.78, 5) is 18.7. The van der Waals surface area contributed by atoms with Crippen molar-refractivity contribution in [3.63, 3.8) is 0 Å². The SMILES string of the molecule is C=C(/C=C(/C)N=C(C)c1ccc(N2CC3CC(C2)N3Cc2ccc(OC)cc2)nc1)N=C(N)/C=C(/C)N. The van der Waals surface area contributed by atoms with E-state index in [0.29, 0.717) is 29.3 Å². The van der Waals surface area contributed by atoms with E-state index in [1.54, 1.807) is 26.2 Å². The zero-order chi connectivity index (χ0) is 26.5. The third kappa shape index (κ3) is 6.65. The number of nitrogens with zero attached hydrogens (tertiary/aromatic N) is 5. The molecule has 3 aliphatic heterocycles. The van der Waals surface area contributed by atoms with E-state index in [2.05, 4.69) is 50.6 Å². The molecule has 8 nitrogen and oxygen atoms in total. The maximum atomic E-state index is 5.83. The molecule has 0 aliphatic carbocycles. The number of anilines is 1. The van der Waals surface area contributed by atoms with Crippen molar-refractivity contribution in [3.8, 4) is 5.75 Å². The number of methoxy groups -OCH3 is 1. The van der Waals surface area contributed by atoms with Crippen LogP contribution >= 0.6 is 0 Å². The first-order valence-electron chi connectivity index (χ1n) is 12.5. The molecule has 0 amide bonds. The number of piperidine rings is 1. The zero-order valence-corrected chi connectivity index (χ0v) is 22.2. The fraction of sp³-hybridized carbons (Fsp3) is 0.345. The van der Waals surface area contributed by atoms with Gasteiger partial charge in [0.25, 0.3) is 0 Å². The first-order chi connectivity index (χ1) is 17.7. The molecule has 0 spiro atoms. The van der Waals surface area contributed by atoms with Crippen molar-refractivity contribution in [1.29, 1.82) is 0 Å². The molecule has 3 saturated heterocycles. The lowest BCUT2D eigenvalue weighted by molar-refractivity contribution is -0.00868. The van der Waals surface area contributed by atoms with Gasteiger partial charge in [0.15, 0.2) is 0 Å². The van der Waals surface area contributed by atoms with E-state index in [0.717, 1.165) is 48.2 Å². The summed E-state index contributed by atoms with van der Waals surface area (Å²) in [6.45, 7) is 12.5. The van der Waals surface area contributed by atoms with Crippen LogP contribution in [0.15, 0.2) is 88.4 Å². The van der Waals surface area contributed by atoms with Crippen LogP contribution in [0.25, 0.3) is 0 Å². The summed E-state index contributed by atoms with van der Waals surface area (Å²) in [6.07, 6.45) is 6.54. The second-order valence-electron chi connectivity index (χ2n) is 9.77. The molecule has 1 aromatic carbocycles. The van der Waals surface area contributed by atoms with Gasteiger partial charge in [-0.05, 0) is 69.2 Å². The van der Waals surface area contributed by atoms with Crippen molar-refractivity contribution >= 4 is 17.4 Å². The van der Waals surface area contributed by atoms with E-state index in [1.165, 1.54) is 12.0 Å². The summed E-state index contributed by atoms with van der Waals surface area (Å²) in [5, 5.41) is 0. The summed E-state index contributed by atoms with van der Waals surface area (Å²) in [7, 11) is 1.70. The fourth-order valence-electron chi connectivity index (χ4n) is 4.93. The minimum Gasteiger partial charge on any atom is -0.497 e. The molecular weight excluding hydrogens is 462 g/mol. The van der Waals surface area contributed by atoms with E-state index in [1.807, 2.05) is 32.2 Å². The number of aromatic nitrogens is 1. The van der Waals surface area contributed by atoms with Crippen LogP contribution < -0.4 is 21.1 Å². The van der Waals surface area contributed by atoms with Crippen LogP contribution in [-0.4, -0.2) is 53.7 Å². The number of fused-ring (bicyclic) bond motifs is 2. The molecule has 194 valence electrons. The Bertz CT molecular complexity index is 1230. The van der Waals surface area contributed by atoms with E-state index in [9.17, 15) is 0 Å². The predicted octanol–water partition coefficient (Wildman–Crippen LogP) is 4.00. The lowest BCUT2D eigenvalue weighted by atomic mass is 9.86. The highest BCUT2D eigenvalue weighted by atomic mass is 16.5. The molecular formula is C29H37N7O. The van der Waals surface area contributed by atoms with E-state index in [4.69, 9.17) is 21.2 Å². The smallest absolute Gasteiger partial charge is 0.128 e. The van der Waals surface area contributed by atoms with E-state index >= 15 is 0 Å². The third-order valence-electron chi connectivity index (χ3n) is 6.73. The number of piperazine rings is 1. The summed E-state index contributed by atoms with van der Waals surface area (Å²) in [5.74, 6) is 2.23. The number of aliphatic imine (C=N–C) groups is 2. The van der Waals surface area contributed by atoms with Gasteiger partial charge in [0.1, 0.15) is 17.4 Å². The van der Waals surface area contributed by atoms with Crippen molar-refractivity contribution in [2.75, 3.05) is 25.1 Å². The quantitative estimate of drug-likeness (QED) is 0.307. The van der Waals surface area contributed by atoms with Gasteiger partial charge in [-0.15, -0.1) is 0 Å². The first kappa shape index (κ1) is 26.2. The number of pyridine rings is 1. The number of benzene rings is 1. The highest BCUT2D eigenvalue weighted by Gasteiger charge is 2.44. The monoisotopic (exact) mass is 499 g/mol. The van der Waals surface area contributed by atoms with Gasteiger partial charge in [-0.1, -0.05) is 18.7 Å². The lowest BCUT2D eigenvalue weighted by Crippen LogP contribution is -2.68. The van der Waals surface area contributed by atoms with Crippen LogP contribution in [0.2, 0.25) is 0 Å². The molecule has 8 heteroatoms. The Morgan fingerprint density at radius 3 is 2.35 bits per heavy atom. The summed E-state index contributed by atoms with van der Waals surface area (Å²) < 4.78 is 5.28. The van der Waals surface area contributed by atoms with Gasteiger partial charge >= 0.3 is 0 Å². The number of nitrogens with two attached hydrogens (primary N) is 2. The van der Waals surface area contributed by atoms with Crippen LogP contribution in [0.5, 0.6) is 5.75 Å². The van der Waals surface area contributed by atoms with Gasteiger partial charge in [0, 0.05) is 60.6 Å². The number of rotatable bonds is 9. The standard InChI is InChI=1S/C29H37N7O/c1-19(30)12-28(31)34-21(3)13-20(2)33-22(4)24-8-11-29(32-15-24)35-17-25-14-26(18-35)36(25)16-23-6-9-27(37-5)10-7-23/h6-13,15,25-26H,3,14,16-18,30H2,1-2,4-5H3,(H2,31,34)/b19-12-,20-13-,33-22?. The Labute approximate surface area is 219 Å². The molecule has 3 fully saturated rings. The van der Waals surface area contributed by atoms with Gasteiger partial charge < -0.3 is 21.1 Å². The van der Waals surface area contributed by atoms with Crippen LogP contribution in [0.3, 0.4) is 0 Å². The number of ether oxygens (including phenoxy) is 1. The Kier molecular flexibility index (Phi) is 8.08. The average molecular weight is 500 g/mol. The van der Waals surface area contributed by atoms with Crippen molar-refractivity contribution in [1.82, 2.24) is 9.88 Å². The molecule has 4 N–H and O–H groups in total. The predicted molar refractivity (Wildman–Crippen MR) is 152 cm³/mol. The first-order valence-corrected chi connectivity index (χ1v) is 12.5. The fourth-order valence-corrected chi connectivity index (χ4v) is 4.93. The molecule has 2 bridgehead atoms. The van der Waals surface area contributed by atoms with Crippen molar-refractivity contribution in [2.45, 2.75) is 45.8 Å². The van der Waals surface area contributed by atoms with Crippen molar-refractivity contribution in [3.05, 3.63) is 89.5 Å².